The summed E-state index contributed by atoms with van der Waals surface area (Å²) in [6, 6.07) is 9.88. The van der Waals surface area contributed by atoms with Gasteiger partial charge < -0.3 is 9.47 Å². The van der Waals surface area contributed by atoms with E-state index in [1.165, 1.54) is 0 Å². The quantitative estimate of drug-likeness (QED) is 0.803. The summed E-state index contributed by atoms with van der Waals surface area (Å²) >= 11 is 0. The third kappa shape index (κ3) is 3.05. The van der Waals surface area contributed by atoms with Gasteiger partial charge in [0.05, 0.1) is 19.8 Å². The fourth-order valence-electron chi connectivity index (χ4n) is 1.99. The second-order valence-corrected chi connectivity index (χ2v) is 5.24. The summed E-state index contributed by atoms with van der Waals surface area (Å²) in [5.41, 5.74) is 0.709. The first-order valence-electron chi connectivity index (χ1n) is 5.97. The Morgan fingerprint density at radius 1 is 1.35 bits per heavy atom. The Morgan fingerprint density at radius 3 is 2.65 bits per heavy atom. The number of ether oxygens (including phenoxy) is 2. The minimum Gasteiger partial charge on any atom is -0.374 e. The number of hydrogen-bond acceptors (Lipinski definition) is 2. The second-order valence-electron chi connectivity index (χ2n) is 5.24. The number of hydrogen-bond donors (Lipinski definition) is 0. The maximum Gasteiger partial charge on any atom is 0.136 e. The molecule has 0 aliphatic carbocycles. The molecule has 1 saturated heterocycles. The Bertz CT molecular complexity index is 350. The van der Waals surface area contributed by atoms with Gasteiger partial charge in [0.15, 0.2) is 0 Å². The van der Waals surface area contributed by atoms with Crippen molar-refractivity contribution in [2.75, 3.05) is 13.2 Å². The van der Waals surface area contributed by atoms with E-state index in [1.807, 2.05) is 44.2 Å². The first-order chi connectivity index (χ1) is 8.09. The van der Waals surface area contributed by atoms with Crippen molar-refractivity contribution in [1.29, 1.82) is 0 Å². The minimum absolute atomic E-state index is 0.319. The zero-order valence-corrected chi connectivity index (χ0v) is 10.4. The Labute approximate surface area is 102 Å². The largest absolute Gasteiger partial charge is 0.374 e. The first-order valence-corrected chi connectivity index (χ1v) is 5.97. The van der Waals surface area contributed by atoms with Crippen LogP contribution in [0.1, 0.15) is 19.4 Å². The zero-order valence-electron chi connectivity index (χ0n) is 10.4. The predicted molar refractivity (Wildman–Crippen MR) is 64.5 cm³/mol. The van der Waals surface area contributed by atoms with Crippen LogP contribution < -0.4 is 0 Å². The summed E-state index contributed by atoms with van der Waals surface area (Å²) in [6.45, 7) is 5.06. The van der Waals surface area contributed by atoms with Crippen molar-refractivity contribution in [2.45, 2.75) is 32.7 Å². The SMILES string of the molecule is CC1(C)COC(COCc2ccccc2)C1F. The van der Waals surface area contributed by atoms with E-state index in [4.69, 9.17) is 9.47 Å². The van der Waals surface area contributed by atoms with Crippen molar-refractivity contribution in [2.24, 2.45) is 5.41 Å². The standard InChI is InChI=1S/C14H19FO2/c1-14(2)10-17-12(13(14)15)9-16-8-11-6-4-3-5-7-11/h3-7,12-13H,8-10H2,1-2H3. The van der Waals surface area contributed by atoms with Crippen molar-refractivity contribution in [3.63, 3.8) is 0 Å². The zero-order chi connectivity index (χ0) is 12.3. The molecule has 2 unspecified atom stereocenters. The van der Waals surface area contributed by atoms with E-state index in [0.29, 0.717) is 19.8 Å². The van der Waals surface area contributed by atoms with Gasteiger partial charge in [0.25, 0.3) is 0 Å². The Morgan fingerprint density at radius 2 is 2.06 bits per heavy atom. The highest BCUT2D eigenvalue weighted by Gasteiger charge is 2.43. The molecule has 0 N–H and O–H groups in total. The molecule has 0 aromatic heterocycles. The molecule has 0 spiro atoms. The van der Waals surface area contributed by atoms with E-state index in [9.17, 15) is 4.39 Å². The normalized spacial score (nSPS) is 27.2. The molecule has 2 rings (SSSR count). The molecule has 0 bridgehead atoms. The fourth-order valence-corrected chi connectivity index (χ4v) is 1.99. The average molecular weight is 238 g/mol. The summed E-state index contributed by atoms with van der Waals surface area (Å²) < 4.78 is 24.8. The van der Waals surface area contributed by atoms with Crippen LogP contribution in [0.2, 0.25) is 0 Å². The van der Waals surface area contributed by atoms with Gasteiger partial charge in [-0.2, -0.15) is 0 Å². The lowest BCUT2D eigenvalue weighted by Gasteiger charge is -2.20. The monoisotopic (exact) mass is 238 g/mol. The summed E-state index contributed by atoms with van der Waals surface area (Å²) in [6.07, 6.45) is -1.37. The second kappa shape index (κ2) is 5.15. The Kier molecular flexibility index (Phi) is 3.79. The van der Waals surface area contributed by atoms with Crippen molar-refractivity contribution in [1.82, 2.24) is 0 Å². The highest BCUT2D eigenvalue weighted by atomic mass is 19.1. The molecule has 1 aliphatic heterocycles. The summed E-state index contributed by atoms with van der Waals surface area (Å²) in [5.74, 6) is 0. The maximum atomic E-state index is 13.9. The lowest BCUT2D eigenvalue weighted by atomic mass is 9.89. The van der Waals surface area contributed by atoms with Crippen LogP contribution in [-0.2, 0) is 16.1 Å². The molecule has 17 heavy (non-hydrogen) atoms. The smallest absolute Gasteiger partial charge is 0.136 e. The molecule has 1 heterocycles. The lowest BCUT2D eigenvalue weighted by Crippen LogP contribution is -2.31. The van der Waals surface area contributed by atoms with Crippen LogP contribution in [0.15, 0.2) is 30.3 Å². The van der Waals surface area contributed by atoms with Crippen LogP contribution in [0.4, 0.5) is 4.39 Å². The predicted octanol–water partition coefficient (Wildman–Crippen LogP) is 2.97. The summed E-state index contributed by atoms with van der Waals surface area (Å²) in [7, 11) is 0. The van der Waals surface area contributed by atoms with Gasteiger partial charge in [-0.3, -0.25) is 0 Å². The molecular weight excluding hydrogens is 219 g/mol. The third-order valence-corrected chi connectivity index (χ3v) is 3.14. The number of halogens is 1. The molecule has 0 radical (unpaired) electrons. The number of rotatable bonds is 4. The van der Waals surface area contributed by atoms with Gasteiger partial charge >= 0.3 is 0 Å². The minimum atomic E-state index is -0.946. The topological polar surface area (TPSA) is 18.5 Å². The van der Waals surface area contributed by atoms with Gasteiger partial charge in [-0.05, 0) is 5.56 Å². The van der Waals surface area contributed by atoms with E-state index in [1.54, 1.807) is 0 Å². The van der Waals surface area contributed by atoms with Gasteiger partial charge in [-0.1, -0.05) is 44.2 Å². The molecule has 2 atom stereocenters. The van der Waals surface area contributed by atoms with Crippen molar-refractivity contribution >= 4 is 0 Å². The van der Waals surface area contributed by atoms with Gasteiger partial charge in [0, 0.05) is 5.41 Å². The van der Waals surface area contributed by atoms with E-state index in [0.717, 1.165) is 5.56 Å². The van der Waals surface area contributed by atoms with Crippen LogP contribution in [0.3, 0.4) is 0 Å². The van der Waals surface area contributed by atoms with Gasteiger partial charge in [-0.25, -0.2) is 4.39 Å². The molecule has 2 nitrogen and oxygen atoms in total. The van der Waals surface area contributed by atoms with Gasteiger partial charge in [-0.15, -0.1) is 0 Å². The molecule has 1 aromatic carbocycles. The lowest BCUT2D eigenvalue weighted by molar-refractivity contribution is -0.0108. The van der Waals surface area contributed by atoms with Crippen molar-refractivity contribution in [3.05, 3.63) is 35.9 Å². The van der Waals surface area contributed by atoms with Crippen LogP contribution in [0, 0.1) is 5.41 Å². The van der Waals surface area contributed by atoms with Crippen LogP contribution in [-0.4, -0.2) is 25.5 Å². The Balaban J connectivity index is 1.77. The van der Waals surface area contributed by atoms with Crippen molar-refractivity contribution in [3.8, 4) is 0 Å². The molecular formula is C14H19FO2. The van der Waals surface area contributed by atoms with E-state index >= 15 is 0 Å². The molecule has 1 fully saturated rings. The number of benzene rings is 1. The van der Waals surface area contributed by atoms with Crippen LogP contribution in [0.5, 0.6) is 0 Å². The molecule has 1 aromatic rings. The van der Waals surface area contributed by atoms with Gasteiger partial charge in [0.1, 0.15) is 12.3 Å². The van der Waals surface area contributed by atoms with Crippen LogP contribution >= 0.6 is 0 Å². The first kappa shape index (κ1) is 12.5. The van der Waals surface area contributed by atoms with E-state index in [2.05, 4.69) is 0 Å². The molecule has 0 amide bonds. The van der Waals surface area contributed by atoms with Gasteiger partial charge in [0.2, 0.25) is 0 Å². The molecule has 1 aliphatic rings. The third-order valence-electron chi connectivity index (χ3n) is 3.14. The van der Waals surface area contributed by atoms with Crippen molar-refractivity contribution < 1.29 is 13.9 Å². The number of alkyl halides is 1. The highest BCUT2D eigenvalue weighted by Crippen LogP contribution is 2.34. The maximum absolute atomic E-state index is 13.9. The highest BCUT2D eigenvalue weighted by molar-refractivity contribution is 5.13. The van der Waals surface area contributed by atoms with Crippen LogP contribution in [0.25, 0.3) is 0 Å². The molecule has 0 saturated carbocycles. The summed E-state index contributed by atoms with van der Waals surface area (Å²) in [4.78, 5) is 0. The molecule has 3 heteroatoms. The summed E-state index contributed by atoms with van der Waals surface area (Å²) in [5, 5.41) is 0. The van der Waals surface area contributed by atoms with E-state index in [-0.39, 0.29) is 5.41 Å². The Hall–Kier alpha value is -0.930. The fraction of sp³-hybridized carbons (Fsp3) is 0.571. The molecule has 94 valence electrons. The average Bonchev–Trinajstić information content (AvgIpc) is 2.57. The van der Waals surface area contributed by atoms with E-state index < -0.39 is 12.3 Å².